The van der Waals surface area contributed by atoms with Gasteiger partial charge in [0.25, 0.3) is 0 Å². The van der Waals surface area contributed by atoms with Crippen LogP contribution in [-0.2, 0) is 0 Å². The first-order valence-electron chi connectivity index (χ1n) is 6.29. The van der Waals surface area contributed by atoms with Crippen LogP contribution < -0.4 is 11.1 Å². The molecule has 1 saturated carbocycles. The summed E-state index contributed by atoms with van der Waals surface area (Å²) in [4.78, 5) is 4.48. The fourth-order valence-corrected chi connectivity index (χ4v) is 2.74. The van der Waals surface area contributed by atoms with Gasteiger partial charge in [0.15, 0.2) is 0 Å². The van der Waals surface area contributed by atoms with Gasteiger partial charge in [0.1, 0.15) is 0 Å². The van der Waals surface area contributed by atoms with Crippen LogP contribution in [0.3, 0.4) is 0 Å². The van der Waals surface area contributed by atoms with Gasteiger partial charge in [0, 0.05) is 27.8 Å². The first-order chi connectivity index (χ1) is 8.69. The molecule has 2 atom stereocenters. The number of hydrogen-bond donors (Lipinski definition) is 2. The highest BCUT2D eigenvalue weighted by Crippen LogP contribution is 2.38. The van der Waals surface area contributed by atoms with Gasteiger partial charge >= 0.3 is 0 Å². The molecule has 4 heteroatoms. The summed E-state index contributed by atoms with van der Waals surface area (Å²) in [6.07, 6.45) is 4.32. The molecule has 1 aromatic heterocycles. The molecule has 0 saturated heterocycles. The molecule has 0 radical (unpaired) electrons. The van der Waals surface area contributed by atoms with E-state index in [0.717, 1.165) is 32.7 Å². The van der Waals surface area contributed by atoms with Crippen molar-refractivity contribution >= 4 is 38.2 Å². The number of nitrogen functional groups attached to an aromatic ring is 1. The van der Waals surface area contributed by atoms with Gasteiger partial charge in [0.2, 0.25) is 0 Å². The Bertz CT molecular complexity index is 597. The van der Waals surface area contributed by atoms with E-state index in [4.69, 9.17) is 5.73 Å². The molecule has 94 valence electrons. The molecule has 1 aliphatic rings. The predicted octanol–water partition coefficient (Wildman–Crippen LogP) is 3.79. The average molecular weight is 306 g/mol. The smallest absolute Gasteiger partial charge is 0.0954 e. The standard InChI is InChI=1S/C14H16BrN3/c1-2-8-5-13(8)18-12-4-3-11(16)10-6-9(15)7-17-14(10)12/h3-4,6-8,13,18H,2,5,16H2,1H3. The van der Waals surface area contributed by atoms with E-state index in [1.54, 1.807) is 0 Å². The van der Waals surface area contributed by atoms with Crippen LogP contribution in [0.1, 0.15) is 19.8 Å². The fourth-order valence-electron chi connectivity index (χ4n) is 2.41. The lowest BCUT2D eigenvalue weighted by molar-refractivity contribution is 0.775. The molecule has 0 bridgehead atoms. The van der Waals surface area contributed by atoms with Crippen molar-refractivity contribution in [3.63, 3.8) is 0 Å². The van der Waals surface area contributed by atoms with Gasteiger partial charge in [-0.25, -0.2) is 0 Å². The van der Waals surface area contributed by atoms with Crippen molar-refractivity contribution in [3.8, 4) is 0 Å². The van der Waals surface area contributed by atoms with Gasteiger partial charge in [-0.05, 0) is 46.5 Å². The predicted molar refractivity (Wildman–Crippen MR) is 79.7 cm³/mol. The first kappa shape index (κ1) is 11.8. The van der Waals surface area contributed by atoms with Crippen molar-refractivity contribution in [2.24, 2.45) is 5.92 Å². The van der Waals surface area contributed by atoms with E-state index in [2.05, 4.69) is 33.2 Å². The maximum Gasteiger partial charge on any atom is 0.0954 e. The monoisotopic (exact) mass is 305 g/mol. The zero-order chi connectivity index (χ0) is 12.7. The second-order valence-corrected chi connectivity index (χ2v) is 5.82. The topological polar surface area (TPSA) is 50.9 Å². The molecule has 3 rings (SSSR count). The molecule has 1 fully saturated rings. The van der Waals surface area contributed by atoms with Crippen molar-refractivity contribution < 1.29 is 0 Å². The summed E-state index contributed by atoms with van der Waals surface area (Å²) in [5.74, 6) is 0.813. The van der Waals surface area contributed by atoms with Gasteiger partial charge in [-0.15, -0.1) is 0 Å². The molecule has 0 aliphatic heterocycles. The van der Waals surface area contributed by atoms with Crippen LogP contribution in [-0.4, -0.2) is 11.0 Å². The molecule has 1 aliphatic carbocycles. The van der Waals surface area contributed by atoms with Crippen molar-refractivity contribution in [2.45, 2.75) is 25.8 Å². The van der Waals surface area contributed by atoms with Crippen LogP contribution in [0.25, 0.3) is 10.9 Å². The molecular formula is C14H16BrN3. The van der Waals surface area contributed by atoms with Crippen LogP contribution >= 0.6 is 15.9 Å². The third kappa shape index (κ3) is 2.05. The highest BCUT2D eigenvalue weighted by Gasteiger charge is 2.35. The van der Waals surface area contributed by atoms with Crippen LogP contribution in [0, 0.1) is 5.92 Å². The van der Waals surface area contributed by atoms with E-state index in [9.17, 15) is 0 Å². The van der Waals surface area contributed by atoms with Gasteiger partial charge in [0.05, 0.1) is 11.2 Å². The molecule has 1 heterocycles. The lowest BCUT2D eigenvalue weighted by Crippen LogP contribution is -2.05. The third-order valence-electron chi connectivity index (χ3n) is 3.64. The number of aromatic nitrogens is 1. The second kappa shape index (κ2) is 4.43. The van der Waals surface area contributed by atoms with Crippen LogP contribution in [0.4, 0.5) is 11.4 Å². The van der Waals surface area contributed by atoms with E-state index in [1.165, 1.54) is 12.8 Å². The molecule has 0 spiro atoms. The Hall–Kier alpha value is -1.29. The fraction of sp³-hybridized carbons (Fsp3) is 0.357. The summed E-state index contributed by atoms with van der Waals surface area (Å²) < 4.78 is 0.955. The number of nitrogens with two attached hydrogens (primary N) is 1. The van der Waals surface area contributed by atoms with E-state index in [1.807, 2.05) is 24.4 Å². The lowest BCUT2D eigenvalue weighted by atomic mass is 10.1. The minimum atomic E-state index is 0.604. The number of hydrogen-bond acceptors (Lipinski definition) is 3. The summed E-state index contributed by atoms with van der Waals surface area (Å²) in [5, 5.41) is 4.58. The average Bonchev–Trinajstić information content (AvgIpc) is 3.11. The molecule has 3 N–H and O–H groups in total. The van der Waals surface area contributed by atoms with Gasteiger partial charge < -0.3 is 11.1 Å². The zero-order valence-electron chi connectivity index (χ0n) is 10.3. The Kier molecular flexibility index (Phi) is 2.90. The Morgan fingerprint density at radius 2 is 2.33 bits per heavy atom. The molecule has 3 nitrogen and oxygen atoms in total. The van der Waals surface area contributed by atoms with Gasteiger partial charge in [-0.2, -0.15) is 0 Å². The summed E-state index contributed by atoms with van der Waals surface area (Å²) >= 11 is 3.44. The zero-order valence-corrected chi connectivity index (χ0v) is 11.9. The molecule has 18 heavy (non-hydrogen) atoms. The summed E-state index contributed by atoms with van der Waals surface area (Å²) in [7, 11) is 0. The summed E-state index contributed by atoms with van der Waals surface area (Å²) in [6, 6.07) is 6.60. The summed E-state index contributed by atoms with van der Waals surface area (Å²) in [6.45, 7) is 2.24. The van der Waals surface area contributed by atoms with E-state index < -0.39 is 0 Å². The highest BCUT2D eigenvalue weighted by molar-refractivity contribution is 9.10. The SMILES string of the molecule is CCC1CC1Nc1ccc(N)c2cc(Br)cnc12. The van der Waals surface area contributed by atoms with Crippen molar-refractivity contribution in [2.75, 3.05) is 11.1 Å². The maximum absolute atomic E-state index is 6.01. The Morgan fingerprint density at radius 3 is 3.06 bits per heavy atom. The normalized spacial score (nSPS) is 22.1. The number of rotatable bonds is 3. The Morgan fingerprint density at radius 1 is 1.50 bits per heavy atom. The highest BCUT2D eigenvalue weighted by atomic mass is 79.9. The lowest BCUT2D eigenvalue weighted by Gasteiger charge is -2.10. The summed E-state index contributed by atoms with van der Waals surface area (Å²) in [5.41, 5.74) is 8.82. The van der Waals surface area contributed by atoms with E-state index in [0.29, 0.717) is 6.04 Å². The molecule has 0 amide bonds. The number of nitrogens with zero attached hydrogens (tertiary/aromatic N) is 1. The van der Waals surface area contributed by atoms with Crippen molar-refractivity contribution in [3.05, 3.63) is 28.9 Å². The van der Waals surface area contributed by atoms with Gasteiger partial charge in [-0.1, -0.05) is 13.3 Å². The number of halogens is 1. The van der Waals surface area contributed by atoms with Crippen molar-refractivity contribution in [1.82, 2.24) is 4.98 Å². The maximum atomic E-state index is 6.01. The minimum Gasteiger partial charge on any atom is -0.398 e. The number of anilines is 2. The largest absolute Gasteiger partial charge is 0.398 e. The van der Waals surface area contributed by atoms with E-state index in [-0.39, 0.29) is 0 Å². The third-order valence-corrected chi connectivity index (χ3v) is 4.07. The quantitative estimate of drug-likeness (QED) is 0.848. The molecule has 2 aromatic rings. The van der Waals surface area contributed by atoms with Crippen LogP contribution in [0.5, 0.6) is 0 Å². The Labute approximate surface area is 115 Å². The Balaban J connectivity index is 2.00. The van der Waals surface area contributed by atoms with Crippen LogP contribution in [0.15, 0.2) is 28.9 Å². The van der Waals surface area contributed by atoms with Gasteiger partial charge in [-0.3, -0.25) is 4.98 Å². The minimum absolute atomic E-state index is 0.604. The first-order valence-corrected chi connectivity index (χ1v) is 7.08. The molecular weight excluding hydrogens is 290 g/mol. The van der Waals surface area contributed by atoms with Crippen LogP contribution in [0.2, 0.25) is 0 Å². The number of benzene rings is 1. The molecule has 1 aromatic carbocycles. The number of fused-ring (bicyclic) bond motifs is 1. The van der Waals surface area contributed by atoms with E-state index >= 15 is 0 Å². The molecule has 2 unspecified atom stereocenters. The number of nitrogens with one attached hydrogen (secondary N) is 1. The van der Waals surface area contributed by atoms with Crippen molar-refractivity contribution in [1.29, 1.82) is 0 Å². The number of pyridine rings is 1. The second-order valence-electron chi connectivity index (χ2n) is 4.91.